The first-order chi connectivity index (χ1) is 15.9. The van der Waals surface area contributed by atoms with E-state index in [1.807, 2.05) is 25.6 Å². The largest absolute Gasteiger partial charge is 0.454 e. The minimum absolute atomic E-state index is 0.0648. The van der Waals surface area contributed by atoms with Gasteiger partial charge in [0.25, 0.3) is 5.91 Å². The number of aryl methyl sites for hydroxylation is 1. The van der Waals surface area contributed by atoms with Crippen LogP contribution in [0.15, 0.2) is 23.1 Å². The molecule has 0 unspecified atom stereocenters. The Kier molecular flexibility index (Phi) is 8.71. The zero-order valence-corrected chi connectivity index (χ0v) is 19.7. The quantitative estimate of drug-likeness (QED) is 0.473. The van der Waals surface area contributed by atoms with Crippen LogP contribution in [0.2, 0.25) is 0 Å². The SMILES string of the molecule is CCn1cc(C(=O)NCCCCCC(=O)NCCCN(C)C)c(=O)c2cc3c(cc21)OCO3. The average molecular weight is 459 g/mol. The Bertz CT molecular complexity index is 1050. The van der Waals surface area contributed by atoms with Gasteiger partial charge in [0.2, 0.25) is 18.1 Å². The van der Waals surface area contributed by atoms with Crippen LogP contribution in [0.3, 0.4) is 0 Å². The van der Waals surface area contributed by atoms with Crippen molar-refractivity contribution < 1.29 is 19.1 Å². The topological polar surface area (TPSA) is 102 Å². The van der Waals surface area contributed by atoms with Crippen LogP contribution in [0.5, 0.6) is 11.5 Å². The van der Waals surface area contributed by atoms with E-state index in [0.717, 1.165) is 32.2 Å². The number of pyridine rings is 1. The van der Waals surface area contributed by atoms with E-state index in [1.165, 1.54) is 0 Å². The highest BCUT2D eigenvalue weighted by molar-refractivity contribution is 5.97. The summed E-state index contributed by atoms with van der Waals surface area (Å²) in [5, 5.41) is 6.20. The molecule has 0 spiro atoms. The summed E-state index contributed by atoms with van der Waals surface area (Å²) in [4.78, 5) is 39.6. The van der Waals surface area contributed by atoms with Crippen molar-refractivity contribution in [3.05, 3.63) is 34.1 Å². The number of nitrogens with zero attached hydrogens (tertiary/aromatic N) is 2. The molecule has 0 aliphatic carbocycles. The number of hydrogen-bond acceptors (Lipinski definition) is 6. The van der Waals surface area contributed by atoms with Crippen LogP contribution in [-0.4, -0.2) is 61.8 Å². The third-order valence-electron chi connectivity index (χ3n) is 5.63. The van der Waals surface area contributed by atoms with Gasteiger partial charge in [-0.1, -0.05) is 6.42 Å². The molecule has 1 aromatic carbocycles. The predicted molar refractivity (Wildman–Crippen MR) is 127 cm³/mol. The van der Waals surface area contributed by atoms with Gasteiger partial charge in [-0.2, -0.15) is 0 Å². The van der Waals surface area contributed by atoms with Crippen LogP contribution in [0.4, 0.5) is 0 Å². The molecule has 2 aromatic rings. The minimum Gasteiger partial charge on any atom is -0.454 e. The summed E-state index contributed by atoms with van der Waals surface area (Å²) >= 11 is 0. The van der Waals surface area contributed by atoms with Gasteiger partial charge in [-0.15, -0.1) is 0 Å². The number of amides is 2. The highest BCUT2D eigenvalue weighted by Gasteiger charge is 2.20. The Morgan fingerprint density at radius 2 is 1.76 bits per heavy atom. The molecule has 0 atom stereocenters. The van der Waals surface area contributed by atoms with Crippen molar-refractivity contribution in [2.45, 2.75) is 45.6 Å². The summed E-state index contributed by atoms with van der Waals surface area (Å²) in [6.45, 7) is 4.77. The third-order valence-corrected chi connectivity index (χ3v) is 5.63. The van der Waals surface area contributed by atoms with Crippen molar-refractivity contribution in [3.63, 3.8) is 0 Å². The maximum atomic E-state index is 13.0. The van der Waals surface area contributed by atoms with E-state index in [2.05, 4.69) is 15.5 Å². The maximum absolute atomic E-state index is 13.0. The summed E-state index contributed by atoms with van der Waals surface area (Å²) in [6, 6.07) is 3.43. The molecule has 2 heterocycles. The van der Waals surface area contributed by atoms with E-state index in [1.54, 1.807) is 18.3 Å². The number of hydrogen-bond donors (Lipinski definition) is 2. The van der Waals surface area contributed by atoms with Crippen molar-refractivity contribution in [1.82, 2.24) is 20.1 Å². The first kappa shape index (κ1) is 24.6. The highest BCUT2D eigenvalue weighted by atomic mass is 16.7. The average Bonchev–Trinajstić information content (AvgIpc) is 3.25. The lowest BCUT2D eigenvalue weighted by Gasteiger charge is -2.12. The Morgan fingerprint density at radius 1 is 1.03 bits per heavy atom. The van der Waals surface area contributed by atoms with Gasteiger partial charge in [-0.25, -0.2) is 0 Å². The number of unbranched alkanes of at least 4 members (excludes halogenated alkanes) is 2. The first-order valence-electron chi connectivity index (χ1n) is 11.6. The molecule has 3 rings (SSSR count). The van der Waals surface area contributed by atoms with Crippen LogP contribution >= 0.6 is 0 Å². The molecule has 33 heavy (non-hydrogen) atoms. The van der Waals surface area contributed by atoms with E-state index < -0.39 is 0 Å². The van der Waals surface area contributed by atoms with Crippen LogP contribution < -0.4 is 25.5 Å². The van der Waals surface area contributed by atoms with Crippen molar-refractivity contribution in [3.8, 4) is 11.5 Å². The number of carbonyl (C=O) groups is 2. The zero-order chi connectivity index (χ0) is 23.8. The molecule has 2 N–H and O–H groups in total. The van der Waals surface area contributed by atoms with Crippen LogP contribution in [0.1, 0.15) is 49.4 Å². The number of carbonyl (C=O) groups excluding carboxylic acids is 2. The first-order valence-corrected chi connectivity index (χ1v) is 11.6. The van der Waals surface area contributed by atoms with Crippen LogP contribution in [0, 0.1) is 0 Å². The van der Waals surface area contributed by atoms with Crippen molar-refractivity contribution in [2.24, 2.45) is 0 Å². The lowest BCUT2D eigenvalue weighted by Crippen LogP contribution is -2.30. The summed E-state index contributed by atoms with van der Waals surface area (Å²) in [5.74, 6) is 0.792. The molecule has 0 radical (unpaired) electrons. The fourth-order valence-corrected chi connectivity index (χ4v) is 3.80. The fourth-order valence-electron chi connectivity index (χ4n) is 3.80. The lowest BCUT2D eigenvalue weighted by molar-refractivity contribution is -0.121. The molecule has 180 valence electrons. The fraction of sp³-hybridized carbons (Fsp3) is 0.542. The van der Waals surface area contributed by atoms with Gasteiger partial charge in [0.1, 0.15) is 5.56 Å². The second kappa shape index (κ2) is 11.7. The Labute approximate surface area is 194 Å². The van der Waals surface area contributed by atoms with E-state index >= 15 is 0 Å². The van der Waals surface area contributed by atoms with Gasteiger partial charge in [-0.3, -0.25) is 14.4 Å². The number of fused-ring (bicyclic) bond motifs is 2. The second-order valence-corrected chi connectivity index (χ2v) is 8.45. The van der Waals surface area contributed by atoms with Crippen molar-refractivity contribution >= 4 is 22.7 Å². The van der Waals surface area contributed by atoms with E-state index in [4.69, 9.17) is 9.47 Å². The third kappa shape index (κ3) is 6.47. The zero-order valence-electron chi connectivity index (χ0n) is 19.7. The molecule has 0 saturated carbocycles. The molecule has 2 amide bonds. The van der Waals surface area contributed by atoms with Gasteiger partial charge < -0.3 is 29.6 Å². The Hall–Kier alpha value is -3.07. The molecule has 0 fully saturated rings. The molecule has 9 nitrogen and oxygen atoms in total. The highest BCUT2D eigenvalue weighted by Crippen LogP contribution is 2.35. The Balaban J connectivity index is 1.47. The van der Waals surface area contributed by atoms with Gasteiger partial charge in [0.05, 0.1) is 10.9 Å². The van der Waals surface area contributed by atoms with E-state index in [9.17, 15) is 14.4 Å². The number of rotatable bonds is 12. The molecule has 0 bridgehead atoms. The number of nitrogens with one attached hydrogen (secondary N) is 2. The number of ether oxygens (including phenoxy) is 2. The monoisotopic (exact) mass is 458 g/mol. The minimum atomic E-state index is -0.389. The summed E-state index contributed by atoms with van der Waals surface area (Å²) < 4.78 is 12.7. The molecule has 1 aliphatic rings. The number of aromatic nitrogens is 1. The molecule has 9 heteroatoms. The smallest absolute Gasteiger partial charge is 0.256 e. The number of benzene rings is 1. The summed E-state index contributed by atoms with van der Waals surface area (Å²) in [6.07, 6.45) is 5.35. The van der Waals surface area contributed by atoms with Crippen molar-refractivity contribution in [2.75, 3.05) is 40.5 Å². The standard InChI is InChI=1S/C24H34N4O5/c1-4-28-15-18(23(30)17-13-20-21(14-19(17)28)33-16-32-20)24(31)26-10-7-5-6-9-22(29)25-11-8-12-27(2)3/h13-15H,4-12,16H2,1-3H3,(H,25,29)(H,26,31). The van der Waals surface area contributed by atoms with E-state index in [0.29, 0.717) is 48.5 Å². The summed E-state index contributed by atoms with van der Waals surface area (Å²) in [5.41, 5.74) is 0.500. The molecule has 0 saturated heterocycles. The lowest BCUT2D eigenvalue weighted by atomic mass is 10.1. The van der Waals surface area contributed by atoms with Gasteiger partial charge in [0, 0.05) is 38.3 Å². The van der Waals surface area contributed by atoms with Crippen LogP contribution in [0.25, 0.3) is 10.9 Å². The van der Waals surface area contributed by atoms with Crippen LogP contribution in [-0.2, 0) is 11.3 Å². The van der Waals surface area contributed by atoms with E-state index in [-0.39, 0.29) is 29.6 Å². The summed E-state index contributed by atoms with van der Waals surface area (Å²) in [7, 11) is 4.02. The molecular formula is C24H34N4O5. The second-order valence-electron chi connectivity index (χ2n) is 8.45. The molecule has 1 aromatic heterocycles. The predicted octanol–water partition coefficient (Wildman–Crippen LogP) is 2.11. The van der Waals surface area contributed by atoms with Crippen molar-refractivity contribution in [1.29, 1.82) is 0 Å². The normalized spacial score (nSPS) is 12.4. The van der Waals surface area contributed by atoms with Gasteiger partial charge >= 0.3 is 0 Å². The van der Waals surface area contributed by atoms with Gasteiger partial charge in [0.15, 0.2) is 11.5 Å². The molecule has 1 aliphatic heterocycles. The maximum Gasteiger partial charge on any atom is 0.256 e. The Morgan fingerprint density at radius 3 is 2.48 bits per heavy atom. The van der Waals surface area contributed by atoms with Gasteiger partial charge in [-0.05, 0) is 52.9 Å². The molecular weight excluding hydrogens is 424 g/mol.